The van der Waals surface area contributed by atoms with Crippen LogP contribution in [0.4, 0.5) is 8.78 Å². The largest absolute Gasteiger partial charge is 0.385 e. The lowest BCUT2D eigenvalue weighted by molar-refractivity contribution is -0.125. The molecule has 0 spiro atoms. The molecule has 1 N–H and O–H groups in total. The molecule has 1 fully saturated rings. The molecule has 1 unspecified atom stereocenters. The standard InChI is InChI=1S/C29H29Cl2F2NO3/c30-25-9-7-20(16-26(25)31)24(28(35)19-37-18-21-6-8-23(32)17-27(21)33)10-13-34-14-11-29(36,12-15-34)22-4-2-1-3-5-22/h1-9,16-17,24,36H,10-15,18-19H2. The number of Topliss-reactive ketones (excluding diaryl/α,β-unsaturated/α-hetero) is 1. The summed E-state index contributed by atoms with van der Waals surface area (Å²) in [5, 5.41) is 11.9. The molecule has 1 aliphatic heterocycles. The smallest absolute Gasteiger partial charge is 0.165 e. The number of likely N-dealkylation sites (tertiary alicyclic amines) is 1. The van der Waals surface area contributed by atoms with Crippen LogP contribution in [0.25, 0.3) is 0 Å². The number of hydrogen-bond donors (Lipinski definition) is 1. The van der Waals surface area contributed by atoms with Crippen LogP contribution in [0.1, 0.15) is 41.9 Å². The second kappa shape index (κ2) is 12.5. The van der Waals surface area contributed by atoms with Crippen LogP contribution in [0.2, 0.25) is 10.0 Å². The Morgan fingerprint density at radius 1 is 1.00 bits per heavy atom. The Bertz CT molecular complexity index is 1220. The molecule has 4 nitrogen and oxygen atoms in total. The highest BCUT2D eigenvalue weighted by molar-refractivity contribution is 6.42. The third-order valence-corrected chi connectivity index (χ3v) is 7.72. The normalized spacial score (nSPS) is 16.5. The number of aliphatic hydroxyl groups is 1. The number of rotatable bonds is 10. The van der Waals surface area contributed by atoms with Crippen LogP contribution in [0.15, 0.2) is 66.7 Å². The molecule has 37 heavy (non-hydrogen) atoms. The Labute approximate surface area is 225 Å². The van der Waals surface area contributed by atoms with Crippen molar-refractivity contribution in [2.24, 2.45) is 0 Å². The number of piperidine rings is 1. The van der Waals surface area contributed by atoms with E-state index in [0.717, 1.165) is 23.3 Å². The zero-order chi connectivity index (χ0) is 26.4. The molecule has 3 aromatic rings. The molecule has 4 rings (SSSR count). The van der Waals surface area contributed by atoms with Gasteiger partial charge >= 0.3 is 0 Å². The van der Waals surface area contributed by atoms with Crippen LogP contribution < -0.4 is 0 Å². The average molecular weight is 548 g/mol. The molecular weight excluding hydrogens is 519 g/mol. The number of nitrogens with zero attached hydrogens (tertiary/aromatic N) is 1. The van der Waals surface area contributed by atoms with Gasteiger partial charge in [-0.25, -0.2) is 8.78 Å². The maximum atomic E-state index is 13.9. The van der Waals surface area contributed by atoms with Crippen molar-refractivity contribution >= 4 is 29.0 Å². The number of ketones is 1. The quantitative estimate of drug-likeness (QED) is 0.314. The minimum Gasteiger partial charge on any atom is -0.385 e. The summed E-state index contributed by atoms with van der Waals surface area (Å²) in [5.74, 6) is -2.05. The second-order valence-electron chi connectivity index (χ2n) is 9.45. The number of carbonyl (C=O) groups excluding carboxylic acids is 1. The van der Waals surface area contributed by atoms with Gasteiger partial charge in [-0.05, 0) is 55.1 Å². The zero-order valence-corrected chi connectivity index (χ0v) is 21.8. The van der Waals surface area contributed by atoms with Crippen molar-refractivity contribution in [2.75, 3.05) is 26.2 Å². The molecule has 0 radical (unpaired) electrons. The Balaban J connectivity index is 1.38. The molecule has 0 aliphatic carbocycles. The maximum Gasteiger partial charge on any atom is 0.165 e. The number of benzene rings is 3. The summed E-state index contributed by atoms with van der Waals surface area (Å²) in [6.45, 7) is 1.68. The van der Waals surface area contributed by atoms with Crippen molar-refractivity contribution < 1.29 is 23.4 Å². The van der Waals surface area contributed by atoms with E-state index in [1.165, 1.54) is 6.07 Å². The Kier molecular flexibility index (Phi) is 9.32. The van der Waals surface area contributed by atoms with E-state index in [1.807, 2.05) is 30.3 Å². The van der Waals surface area contributed by atoms with Gasteiger partial charge in [0.1, 0.15) is 18.2 Å². The van der Waals surface area contributed by atoms with Crippen molar-refractivity contribution in [3.63, 3.8) is 0 Å². The van der Waals surface area contributed by atoms with Gasteiger partial charge in [-0.15, -0.1) is 0 Å². The third-order valence-electron chi connectivity index (χ3n) is 6.98. The van der Waals surface area contributed by atoms with Gasteiger partial charge in [0.15, 0.2) is 5.78 Å². The first kappa shape index (κ1) is 27.7. The highest BCUT2D eigenvalue weighted by Gasteiger charge is 2.34. The molecule has 1 atom stereocenters. The van der Waals surface area contributed by atoms with Gasteiger partial charge in [-0.1, -0.05) is 65.7 Å². The summed E-state index contributed by atoms with van der Waals surface area (Å²) in [4.78, 5) is 15.5. The van der Waals surface area contributed by atoms with E-state index in [2.05, 4.69) is 4.90 Å². The van der Waals surface area contributed by atoms with E-state index < -0.39 is 23.2 Å². The fourth-order valence-corrected chi connectivity index (χ4v) is 5.05. The van der Waals surface area contributed by atoms with Crippen LogP contribution in [0, 0.1) is 11.6 Å². The molecule has 0 aromatic heterocycles. The van der Waals surface area contributed by atoms with Gasteiger partial charge in [0, 0.05) is 30.6 Å². The third kappa shape index (κ3) is 7.15. The maximum absolute atomic E-state index is 13.9. The van der Waals surface area contributed by atoms with Crippen LogP contribution in [0.5, 0.6) is 0 Å². The number of ether oxygens (including phenoxy) is 1. The summed E-state index contributed by atoms with van der Waals surface area (Å²) >= 11 is 12.3. The average Bonchev–Trinajstić information content (AvgIpc) is 2.89. The van der Waals surface area contributed by atoms with Crippen molar-refractivity contribution in [1.82, 2.24) is 4.90 Å². The molecule has 1 heterocycles. The fraction of sp³-hybridized carbons (Fsp3) is 0.345. The Morgan fingerprint density at radius 2 is 1.73 bits per heavy atom. The molecule has 196 valence electrons. The topological polar surface area (TPSA) is 49.8 Å². The molecule has 0 saturated carbocycles. The first-order valence-electron chi connectivity index (χ1n) is 12.2. The number of halogens is 4. The van der Waals surface area contributed by atoms with E-state index in [0.29, 0.717) is 48.9 Å². The minimum atomic E-state index is -0.847. The molecular formula is C29H29Cl2F2NO3. The molecule has 1 aliphatic rings. The highest BCUT2D eigenvalue weighted by atomic mass is 35.5. The zero-order valence-electron chi connectivity index (χ0n) is 20.3. The monoisotopic (exact) mass is 547 g/mol. The fourth-order valence-electron chi connectivity index (χ4n) is 4.74. The van der Waals surface area contributed by atoms with E-state index in [-0.39, 0.29) is 24.6 Å². The predicted octanol–water partition coefficient (Wildman–Crippen LogP) is 6.51. The van der Waals surface area contributed by atoms with Gasteiger partial charge in [-0.3, -0.25) is 4.79 Å². The number of hydrogen-bond acceptors (Lipinski definition) is 4. The summed E-state index contributed by atoms with van der Waals surface area (Å²) in [5.41, 5.74) is 0.988. The minimum absolute atomic E-state index is 0.143. The van der Waals surface area contributed by atoms with Gasteiger partial charge < -0.3 is 14.7 Å². The Hall–Kier alpha value is -2.35. The van der Waals surface area contributed by atoms with Crippen molar-refractivity contribution in [1.29, 1.82) is 0 Å². The highest BCUT2D eigenvalue weighted by Crippen LogP contribution is 2.34. The number of carbonyl (C=O) groups is 1. The van der Waals surface area contributed by atoms with Crippen molar-refractivity contribution in [3.8, 4) is 0 Å². The van der Waals surface area contributed by atoms with Gasteiger partial charge in [0.25, 0.3) is 0 Å². The van der Waals surface area contributed by atoms with E-state index in [4.69, 9.17) is 27.9 Å². The van der Waals surface area contributed by atoms with Crippen LogP contribution in [-0.2, 0) is 21.7 Å². The van der Waals surface area contributed by atoms with Crippen LogP contribution in [-0.4, -0.2) is 42.0 Å². The molecule has 0 amide bonds. The Morgan fingerprint density at radius 3 is 2.41 bits per heavy atom. The van der Waals surface area contributed by atoms with E-state index >= 15 is 0 Å². The van der Waals surface area contributed by atoms with Crippen LogP contribution >= 0.6 is 23.2 Å². The summed E-state index contributed by atoms with van der Waals surface area (Å²) in [7, 11) is 0. The molecule has 3 aromatic carbocycles. The van der Waals surface area contributed by atoms with Gasteiger partial charge in [0.05, 0.1) is 22.3 Å². The van der Waals surface area contributed by atoms with Gasteiger partial charge in [-0.2, -0.15) is 0 Å². The van der Waals surface area contributed by atoms with E-state index in [9.17, 15) is 18.7 Å². The second-order valence-corrected chi connectivity index (χ2v) is 10.3. The predicted molar refractivity (Wildman–Crippen MR) is 141 cm³/mol. The summed E-state index contributed by atoms with van der Waals surface area (Å²) in [6.07, 6.45) is 1.73. The molecule has 8 heteroatoms. The van der Waals surface area contributed by atoms with Crippen molar-refractivity contribution in [2.45, 2.75) is 37.4 Å². The first-order valence-corrected chi connectivity index (χ1v) is 13.0. The summed E-state index contributed by atoms with van der Waals surface area (Å²) in [6, 6.07) is 18.1. The van der Waals surface area contributed by atoms with E-state index in [1.54, 1.807) is 18.2 Å². The first-order chi connectivity index (χ1) is 17.7. The van der Waals surface area contributed by atoms with Crippen LogP contribution in [0.3, 0.4) is 0 Å². The van der Waals surface area contributed by atoms with Crippen molar-refractivity contribution in [3.05, 3.63) is 105 Å². The summed E-state index contributed by atoms with van der Waals surface area (Å²) < 4.78 is 32.6. The SMILES string of the molecule is O=C(COCc1ccc(F)cc1F)C(CCN1CCC(O)(c2ccccc2)CC1)c1ccc(Cl)c(Cl)c1. The lowest BCUT2D eigenvalue weighted by Crippen LogP contribution is -2.43. The van der Waals surface area contributed by atoms with Gasteiger partial charge in [0.2, 0.25) is 0 Å². The lowest BCUT2D eigenvalue weighted by atomic mass is 9.84. The molecule has 0 bridgehead atoms. The molecule has 1 saturated heterocycles. The lowest BCUT2D eigenvalue weighted by Gasteiger charge is -2.39.